The summed E-state index contributed by atoms with van der Waals surface area (Å²) in [6.45, 7) is 4.53. The van der Waals surface area contributed by atoms with Crippen LogP contribution in [-0.2, 0) is 6.54 Å². The number of benzene rings is 1. The van der Waals surface area contributed by atoms with E-state index >= 15 is 0 Å². The summed E-state index contributed by atoms with van der Waals surface area (Å²) in [6, 6.07) is 7.70. The minimum absolute atomic E-state index is 0. The van der Waals surface area contributed by atoms with Crippen LogP contribution >= 0.6 is 33.9 Å². The number of carbonyl (C=O) groups is 1. The van der Waals surface area contributed by atoms with Gasteiger partial charge in [-0.25, -0.2) is 0 Å². The molecule has 0 amide bonds. The van der Waals surface area contributed by atoms with Crippen molar-refractivity contribution in [3.63, 3.8) is 0 Å². The SMILES string of the molecule is Cc1c[n+](CC(=O)c2ccc(I)cc2)c(C)s1.[Br-]. The highest BCUT2D eigenvalue weighted by atomic mass is 127. The van der Waals surface area contributed by atoms with Gasteiger partial charge in [0.15, 0.2) is 6.20 Å². The molecule has 0 N–H and O–H groups in total. The number of ketones is 1. The summed E-state index contributed by atoms with van der Waals surface area (Å²) in [4.78, 5) is 13.3. The molecule has 0 saturated heterocycles. The van der Waals surface area contributed by atoms with Crippen LogP contribution in [0.4, 0.5) is 0 Å². The fourth-order valence-electron chi connectivity index (χ4n) is 1.67. The Hall–Kier alpha value is -0.270. The molecule has 1 aromatic heterocycles. The Morgan fingerprint density at radius 2 is 1.89 bits per heavy atom. The molecule has 0 spiro atoms. The predicted molar refractivity (Wildman–Crippen MR) is 77.5 cm³/mol. The van der Waals surface area contributed by atoms with Crippen LogP contribution in [0.5, 0.6) is 0 Å². The van der Waals surface area contributed by atoms with Crippen molar-refractivity contribution in [2.75, 3.05) is 0 Å². The molecule has 2 nitrogen and oxygen atoms in total. The van der Waals surface area contributed by atoms with E-state index in [1.807, 2.05) is 42.0 Å². The van der Waals surface area contributed by atoms with E-state index in [2.05, 4.69) is 29.5 Å². The lowest BCUT2D eigenvalue weighted by molar-refractivity contribution is -0.684. The van der Waals surface area contributed by atoms with Crippen molar-refractivity contribution in [1.29, 1.82) is 0 Å². The maximum Gasteiger partial charge on any atom is 0.234 e. The first-order valence-electron chi connectivity index (χ1n) is 5.31. The van der Waals surface area contributed by atoms with E-state index in [-0.39, 0.29) is 22.8 Å². The van der Waals surface area contributed by atoms with Crippen LogP contribution in [0.1, 0.15) is 20.2 Å². The zero-order chi connectivity index (χ0) is 12.4. The standard InChI is InChI=1S/C13H13INOS.BrH/c1-9-7-15(10(2)17-9)8-13(16)11-3-5-12(14)6-4-11;/h3-7H,8H2,1-2H3;1H/q+1;/p-1. The van der Waals surface area contributed by atoms with Gasteiger partial charge >= 0.3 is 0 Å². The number of aromatic nitrogens is 1. The molecule has 0 atom stereocenters. The van der Waals surface area contributed by atoms with Gasteiger partial charge in [-0.05, 0) is 41.6 Å². The fourth-order valence-corrected chi connectivity index (χ4v) is 2.91. The number of nitrogens with zero attached hydrogens (tertiary/aromatic N) is 1. The van der Waals surface area contributed by atoms with Gasteiger partial charge < -0.3 is 17.0 Å². The van der Waals surface area contributed by atoms with E-state index < -0.39 is 0 Å². The van der Waals surface area contributed by atoms with Crippen LogP contribution < -0.4 is 21.5 Å². The van der Waals surface area contributed by atoms with E-state index in [9.17, 15) is 4.79 Å². The molecule has 1 heterocycles. The second kappa shape index (κ2) is 6.77. The molecule has 5 heteroatoms. The average molecular weight is 438 g/mol. The normalized spacial score (nSPS) is 9.94. The molecule has 2 rings (SSSR count). The monoisotopic (exact) mass is 437 g/mol. The van der Waals surface area contributed by atoms with Crippen molar-refractivity contribution in [2.45, 2.75) is 20.4 Å². The van der Waals surface area contributed by atoms with Crippen LogP contribution in [-0.4, -0.2) is 5.78 Å². The van der Waals surface area contributed by atoms with E-state index in [0.717, 1.165) is 9.13 Å². The molecular weight excluding hydrogens is 425 g/mol. The summed E-state index contributed by atoms with van der Waals surface area (Å²) in [6.07, 6.45) is 2.03. The van der Waals surface area contributed by atoms with Crippen molar-refractivity contribution < 1.29 is 26.3 Å². The van der Waals surface area contributed by atoms with E-state index in [0.29, 0.717) is 6.54 Å². The minimum Gasteiger partial charge on any atom is -1.00 e. The highest BCUT2D eigenvalue weighted by Gasteiger charge is 2.16. The molecule has 2 aromatic rings. The van der Waals surface area contributed by atoms with Gasteiger partial charge in [-0.2, -0.15) is 4.57 Å². The Kier molecular flexibility index (Phi) is 5.94. The molecule has 0 bridgehead atoms. The predicted octanol–water partition coefficient (Wildman–Crippen LogP) is 0.144. The second-order valence-corrected chi connectivity index (χ2v) is 6.60. The maximum atomic E-state index is 12.1. The zero-order valence-electron chi connectivity index (χ0n) is 10.1. The largest absolute Gasteiger partial charge is 1.00 e. The van der Waals surface area contributed by atoms with Gasteiger partial charge in [0.2, 0.25) is 17.3 Å². The third-order valence-corrected chi connectivity index (χ3v) is 4.21. The molecule has 0 fully saturated rings. The molecule has 0 aliphatic rings. The molecule has 0 radical (unpaired) electrons. The van der Waals surface area contributed by atoms with Crippen molar-refractivity contribution >= 4 is 39.7 Å². The minimum atomic E-state index is 0. The number of halogens is 2. The van der Waals surface area contributed by atoms with Gasteiger partial charge in [-0.1, -0.05) is 23.5 Å². The third-order valence-electron chi connectivity index (χ3n) is 2.53. The number of aryl methyl sites for hydroxylation is 2. The summed E-state index contributed by atoms with van der Waals surface area (Å²) in [5.41, 5.74) is 0.779. The lowest BCUT2D eigenvalue weighted by Crippen LogP contribution is -3.00. The van der Waals surface area contributed by atoms with Crippen molar-refractivity contribution in [2.24, 2.45) is 0 Å². The van der Waals surface area contributed by atoms with Crippen molar-refractivity contribution in [1.82, 2.24) is 0 Å². The highest BCUT2D eigenvalue weighted by molar-refractivity contribution is 14.1. The van der Waals surface area contributed by atoms with Gasteiger partial charge in [-0.3, -0.25) is 4.79 Å². The average Bonchev–Trinajstić information content (AvgIpc) is 2.58. The number of Topliss-reactive ketones (excluding diaryl/α,β-unsaturated/α-hetero) is 1. The Balaban J connectivity index is 0.00000162. The second-order valence-electron chi connectivity index (χ2n) is 3.92. The zero-order valence-corrected chi connectivity index (χ0v) is 14.7. The quantitative estimate of drug-likeness (QED) is 0.380. The lowest BCUT2D eigenvalue weighted by Gasteiger charge is -1.97. The van der Waals surface area contributed by atoms with Gasteiger partial charge in [0.25, 0.3) is 0 Å². The van der Waals surface area contributed by atoms with Crippen molar-refractivity contribution in [3.05, 3.63) is 49.5 Å². The summed E-state index contributed by atoms with van der Waals surface area (Å²) >= 11 is 3.96. The van der Waals surface area contributed by atoms with E-state index in [1.54, 1.807) is 11.3 Å². The number of hydrogen-bond acceptors (Lipinski definition) is 2. The number of hydrogen-bond donors (Lipinski definition) is 0. The number of rotatable bonds is 3. The molecule has 96 valence electrons. The van der Waals surface area contributed by atoms with Crippen LogP contribution in [0.2, 0.25) is 0 Å². The summed E-state index contributed by atoms with van der Waals surface area (Å²) in [5.74, 6) is 0.160. The molecule has 0 aliphatic heterocycles. The number of thiazole rings is 1. The molecule has 18 heavy (non-hydrogen) atoms. The first kappa shape index (κ1) is 15.8. The smallest absolute Gasteiger partial charge is 0.234 e. The van der Waals surface area contributed by atoms with Crippen LogP contribution in [0, 0.1) is 17.4 Å². The van der Waals surface area contributed by atoms with Crippen LogP contribution in [0.3, 0.4) is 0 Å². The van der Waals surface area contributed by atoms with Crippen LogP contribution in [0.15, 0.2) is 30.5 Å². The summed E-state index contributed by atoms with van der Waals surface area (Å²) in [5, 5.41) is 1.17. The maximum absolute atomic E-state index is 12.1. The summed E-state index contributed by atoms with van der Waals surface area (Å²) < 4.78 is 3.16. The first-order valence-corrected chi connectivity index (χ1v) is 7.21. The van der Waals surface area contributed by atoms with Gasteiger partial charge in [0, 0.05) is 16.1 Å². The van der Waals surface area contributed by atoms with Crippen molar-refractivity contribution in [3.8, 4) is 0 Å². The van der Waals surface area contributed by atoms with Gasteiger partial charge in [0.05, 0.1) is 4.88 Å². The summed E-state index contributed by atoms with van der Waals surface area (Å²) in [7, 11) is 0. The number of carbonyl (C=O) groups excluding carboxylic acids is 1. The Bertz CT molecular complexity index is 551. The van der Waals surface area contributed by atoms with Gasteiger partial charge in [0.1, 0.15) is 0 Å². The Labute approximate surface area is 135 Å². The highest BCUT2D eigenvalue weighted by Crippen LogP contribution is 2.10. The fraction of sp³-hybridized carbons (Fsp3) is 0.231. The molecule has 0 aliphatic carbocycles. The Morgan fingerprint density at radius 1 is 1.28 bits per heavy atom. The first-order chi connectivity index (χ1) is 8.06. The molecule has 1 aromatic carbocycles. The molecule has 0 unspecified atom stereocenters. The lowest BCUT2D eigenvalue weighted by atomic mass is 10.1. The van der Waals surface area contributed by atoms with Gasteiger partial charge in [-0.15, -0.1) is 0 Å². The third kappa shape index (κ3) is 3.86. The van der Waals surface area contributed by atoms with Crippen LogP contribution in [0.25, 0.3) is 0 Å². The molecular formula is C13H13BrINOS. The Morgan fingerprint density at radius 3 is 2.39 bits per heavy atom. The van der Waals surface area contributed by atoms with E-state index in [1.165, 1.54) is 9.88 Å². The van der Waals surface area contributed by atoms with E-state index in [4.69, 9.17) is 0 Å². The topological polar surface area (TPSA) is 20.9 Å². The molecule has 0 saturated carbocycles.